The summed E-state index contributed by atoms with van der Waals surface area (Å²) in [6, 6.07) is 27.2. The molecule has 1 saturated heterocycles. The van der Waals surface area contributed by atoms with Crippen molar-refractivity contribution >= 4 is 11.8 Å². The summed E-state index contributed by atoms with van der Waals surface area (Å²) in [5, 5.41) is 9.37. The molecule has 0 spiro atoms. The van der Waals surface area contributed by atoms with Crippen LogP contribution in [0.3, 0.4) is 0 Å². The average Bonchev–Trinajstić information content (AvgIpc) is 2.74. The molecule has 1 aliphatic rings. The third-order valence-corrected chi connectivity index (χ3v) is 5.25. The molecule has 4 rings (SSSR count). The van der Waals surface area contributed by atoms with Crippen molar-refractivity contribution in [3.05, 3.63) is 90.0 Å². The minimum atomic E-state index is -0.625. The van der Waals surface area contributed by atoms with Crippen molar-refractivity contribution in [2.45, 2.75) is 18.9 Å². The summed E-state index contributed by atoms with van der Waals surface area (Å²) in [6.45, 7) is 2.52. The summed E-state index contributed by atoms with van der Waals surface area (Å²) in [5.74, 6) is 0. The summed E-state index contributed by atoms with van der Waals surface area (Å²) >= 11 is 0. The van der Waals surface area contributed by atoms with Gasteiger partial charge in [0, 0.05) is 18.7 Å². The zero-order chi connectivity index (χ0) is 19.6. The second kappa shape index (κ2) is 7.21. The van der Waals surface area contributed by atoms with Gasteiger partial charge in [0.15, 0.2) is 0 Å². The number of hydrogen-bond donors (Lipinski definition) is 0. The summed E-state index contributed by atoms with van der Waals surface area (Å²) in [7, 11) is 0. The van der Waals surface area contributed by atoms with Crippen molar-refractivity contribution in [2.24, 2.45) is 0 Å². The fourth-order valence-electron chi connectivity index (χ4n) is 3.62. The van der Waals surface area contributed by atoms with Gasteiger partial charge in [0.2, 0.25) is 0 Å². The van der Waals surface area contributed by atoms with E-state index in [1.54, 1.807) is 11.0 Å². The van der Waals surface area contributed by atoms with Crippen molar-refractivity contribution < 1.29 is 9.53 Å². The molecule has 3 aromatic rings. The monoisotopic (exact) mass is 368 g/mol. The molecule has 0 N–H and O–H groups in total. The first kappa shape index (κ1) is 17.8. The van der Waals surface area contributed by atoms with Crippen LogP contribution in [-0.2, 0) is 10.3 Å². The number of ether oxygens (including phenoxy) is 1. The molecule has 0 unspecified atom stereocenters. The molecule has 4 heteroatoms. The van der Waals surface area contributed by atoms with Gasteiger partial charge in [0.1, 0.15) is 5.60 Å². The molecule has 3 aromatic carbocycles. The van der Waals surface area contributed by atoms with E-state index >= 15 is 0 Å². The van der Waals surface area contributed by atoms with E-state index in [1.807, 2.05) is 79.7 Å². The number of cyclic esters (lactones) is 1. The number of carbonyl (C=O) groups excluding carboxylic acids is 1. The van der Waals surface area contributed by atoms with Gasteiger partial charge in [0.05, 0.1) is 11.6 Å². The van der Waals surface area contributed by atoms with Crippen LogP contribution >= 0.6 is 0 Å². The molecule has 0 aliphatic carbocycles. The Kier molecular flexibility index (Phi) is 4.58. The van der Waals surface area contributed by atoms with Gasteiger partial charge in [-0.1, -0.05) is 60.7 Å². The van der Waals surface area contributed by atoms with E-state index in [1.165, 1.54) is 0 Å². The first-order chi connectivity index (χ1) is 13.6. The molecule has 1 amide bonds. The molecule has 0 aromatic heterocycles. The highest BCUT2D eigenvalue weighted by molar-refractivity contribution is 5.90. The van der Waals surface area contributed by atoms with Gasteiger partial charge in [0.25, 0.3) is 0 Å². The number of anilines is 1. The number of amides is 1. The van der Waals surface area contributed by atoms with Crippen molar-refractivity contribution in [3.8, 4) is 17.2 Å². The van der Waals surface area contributed by atoms with Crippen molar-refractivity contribution in [1.82, 2.24) is 0 Å². The lowest BCUT2D eigenvalue weighted by Crippen LogP contribution is -2.46. The van der Waals surface area contributed by atoms with Crippen molar-refractivity contribution in [2.75, 3.05) is 11.4 Å². The maximum Gasteiger partial charge on any atom is 0.415 e. The molecule has 0 bridgehead atoms. The zero-order valence-electron chi connectivity index (χ0n) is 15.6. The molecular formula is C24H20N2O2. The molecule has 1 atom stereocenters. The second-order valence-corrected chi connectivity index (χ2v) is 7.07. The minimum absolute atomic E-state index is 0.358. The van der Waals surface area contributed by atoms with E-state index in [2.05, 4.69) is 6.07 Å². The maximum atomic E-state index is 12.8. The lowest BCUT2D eigenvalue weighted by atomic mass is 9.91. The third kappa shape index (κ3) is 3.23. The number of hydrogen-bond acceptors (Lipinski definition) is 3. The topological polar surface area (TPSA) is 53.3 Å². The Hall–Kier alpha value is -3.58. The van der Waals surface area contributed by atoms with Crippen LogP contribution in [0.15, 0.2) is 78.9 Å². The fourth-order valence-corrected chi connectivity index (χ4v) is 3.62. The van der Waals surface area contributed by atoms with Crippen LogP contribution in [0.2, 0.25) is 0 Å². The first-order valence-corrected chi connectivity index (χ1v) is 9.26. The quantitative estimate of drug-likeness (QED) is 0.614. The van der Waals surface area contributed by atoms with Gasteiger partial charge >= 0.3 is 6.09 Å². The highest BCUT2D eigenvalue weighted by Gasteiger charge is 2.38. The van der Waals surface area contributed by atoms with Gasteiger partial charge in [-0.05, 0) is 41.8 Å². The van der Waals surface area contributed by atoms with Crippen molar-refractivity contribution in [3.63, 3.8) is 0 Å². The van der Waals surface area contributed by atoms with Crippen LogP contribution in [0, 0.1) is 11.3 Å². The molecule has 1 heterocycles. The van der Waals surface area contributed by atoms with Crippen LogP contribution in [0.1, 0.15) is 24.5 Å². The predicted octanol–water partition coefficient (Wildman–Crippen LogP) is 5.49. The Bertz CT molecular complexity index is 1060. The molecule has 28 heavy (non-hydrogen) atoms. The predicted molar refractivity (Wildman–Crippen MR) is 109 cm³/mol. The highest BCUT2D eigenvalue weighted by Crippen LogP contribution is 2.36. The molecule has 1 fully saturated rings. The highest BCUT2D eigenvalue weighted by atomic mass is 16.6. The number of carbonyl (C=O) groups is 1. The van der Waals surface area contributed by atoms with Gasteiger partial charge in [-0.25, -0.2) is 4.79 Å². The molecule has 1 aliphatic heterocycles. The number of nitrogens with zero attached hydrogens (tertiary/aromatic N) is 2. The Morgan fingerprint density at radius 1 is 1.00 bits per heavy atom. The summed E-state index contributed by atoms with van der Waals surface area (Å²) in [4.78, 5) is 14.5. The molecule has 4 nitrogen and oxygen atoms in total. The SMILES string of the molecule is C[C@]1(c2ccccc2)CCN(c2cccc(-c3ccccc3C#N)c2)C(=O)O1. The fraction of sp³-hybridized carbons (Fsp3) is 0.167. The van der Waals surface area contributed by atoms with E-state index in [9.17, 15) is 10.1 Å². The van der Waals surface area contributed by atoms with Crippen LogP contribution in [0.25, 0.3) is 11.1 Å². The van der Waals surface area contributed by atoms with Crippen LogP contribution < -0.4 is 4.90 Å². The standard InChI is InChI=1S/C24H20N2O2/c1-24(20-10-3-2-4-11-20)14-15-26(23(27)28-24)21-12-7-9-18(16-21)22-13-6-5-8-19(22)17-25/h2-13,16H,14-15H2,1H3/t24-/m1/s1. The molecule has 0 saturated carbocycles. The van der Waals surface area contributed by atoms with E-state index < -0.39 is 5.60 Å². The summed E-state index contributed by atoms with van der Waals surface area (Å²) in [6.07, 6.45) is 0.338. The molecular weight excluding hydrogens is 348 g/mol. The van der Waals surface area contributed by atoms with Crippen LogP contribution in [-0.4, -0.2) is 12.6 Å². The Balaban J connectivity index is 1.61. The second-order valence-electron chi connectivity index (χ2n) is 7.07. The minimum Gasteiger partial charge on any atom is -0.438 e. The van der Waals surface area contributed by atoms with E-state index in [0.717, 1.165) is 22.4 Å². The van der Waals surface area contributed by atoms with E-state index in [-0.39, 0.29) is 6.09 Å². The van der Waals surface area contributed by atoms with Gasteiger partial charge in [-0.15, -0.1) is 0 Å². The zero-order valence-corrected chi connectivity index (χ0v) is 15.6. The summed E-state index contributed by atoms with van der Waals surface area (Å²) in [5.41, 5.74) is 3.51. The lowest BCUT2D eigenvalue weighted by molar-refractivity contribution is 0.00583. The van der Waals surface area contributed by atoms with Gasteiger partial charge in [-0.2, -0.15) is 5.26 Å². The number of rotatable bonds is 3. The van der Waals surface area contributed by atoms with Gasteiger partial charge < -0.3 is 4.74 Å². The van der Waals surface area contributed by atoms with Gasteiger partial charge in [-0.3, -0.25) is 4.90 Å². The summed E-state index contributed by atoms with van der Waals surface area (Å²) < 4.78 is 5.85. The number of nitriles is 1. The average molecular weight is 368 g/mol. The largest absolute Gasteiger partial charge is 0.438 e. The Labute approximate surface area is 164 Å². The Morgan fingerprint density at radius 3 is 2.50 bits per heavy atom. The smallest absolute Gasteiger partial charge is 0.415 e. The lowest BCUT2D eigenvalue weighted by Gasteiger charge is -2.39. The maximum absolute atomic E-state index is 12.8. The molecule has 0 radical (unpaired) electrons. The van der Waals surface area contributed by atoms with E-state index in [0.29, 0.717) is 18.5 Å². The first-order valence-electron chi connectivity index (χ1n) is 9.26. The number of benzene rings is 3. The van der Waals surface area contributed by atoms with E-state index in [4.69, 9.17) is 4.74 Å². The van der Waals surface area contributed by atoms with Crippen LogP contribution in [0.5, 0.6) is 0 Å². The third-order valence-electron chi connectivity index (χ3n) is 5.25. The molecule has 138 valence electrons. The van der Waals surface area contributed by atoms with Crippen LogP contribution in [0.4, 0.5) is 10.5 Å². The Morgan fingerprint density at radius 2 is 1.75 bits per heavy atom. The van der Waals surface area contributed by atoms with Crippen molar-refractivity contribution in [1.29, 1.82) is 5.26 Å². The normalized spacial score (nSPS) is 19.0.